The molecule has 0 radical (unpaired) electrons. The van der Waals surface area contributed by atoms with Gasteiger partial charge in [0, 0.05) is 33.0 Å². The number of pyridine rings is 1. The number of nitrogens with zero attached hydrogens (tertiary/aromatic N) is 2. The Morgan fingerprint density at radius 1 is 1.27 bits per heavy atom. The fourth-order valence-electron chi connectivity index (χ4n) is 3.34. The van der Waals surface area contributed by atoms with Crippen molar-refractivity contribution in [1.82, 2.24) is 15.6 Å². The van der Waals surface area contributed by atoms with Crippen LogP contribution in [0.5, 0.6) is 5.75 Å². The van der Waals surface area contributed by atoms with Gasteiger partial charge in [-0.05, 0) is 43.7 Å². The maximum Gasteiger partial charge on any atom is 0.191 e. The van der Waals surface area contributed by atoms with Gasteiger partial charge in [0.15, 0.2) is 5.96 Å². The predicted octanol–water partition coefficient (Wildman–Crippen LogP) is 3.23. The third-order valence-corrected chi connectivity index (χ3v) is 4.80. The summed E-state index contributed by atoms with van der Waals surface area (Å²) in [7, 11) is 1.80. The van der Waals surface area contributed by atoms with Gasteiger partial charge < -0.3 is 20.1 Å². The smallest absolute Gasteiger partial charge is 0.191 e. The van der Waals surface area contributed by atoms with Crippen LogP contribution in [0.15, 0.2) is 29.5 Å². The number of halogens is 1. The summed E-state index contributed by atoms with van der Waals surface area (Å²) >= 11 is 0. The van der Waals surface area contributed by atoms with E-state index >= 15 is 0 Å². The maximum atomic E-state index is 5.64. The zero-order valence-electron chi connectivity index (χ0n) is 16.0. The molecule has 0 unspecified atom stereocenters. The van der Waals surface area contributed by atoms with Crippen LogP contribution in [0.4, 0.5) is 0 Å². The quantitative estimate of drug-likeness (QED) is 0.235. The molecule has 0 saturated heterocycles. The largest absolute Gasteiger partial charge is 0.490 e. The lowest BCUT2D eigenvalue weighted by atomic mass is 9.83. The van der Waals surface area contributed by atoms with Crippen molar-refractivity contribution < 1.29 is 9.47 Å². The molecule has 0 atom stereocenters. The second kappa shape index (κ2) is 13.1. The molecule has 6 nitrogen and oxygen atoms in total. The highest BCUT2D eigenvalue weighted by molar-refractivity contribution is 14.0. The molecule has 1 aliphatic carbocycles. The maximum absolute atomic E-state index is 5.64. The molecule has 0 aliphatic heterocycles. The molecule has 0 amide bonds. The standard InChI is InChI=1S/C19H32N4O2.HI/c1-3-24-13-10-19(8-4-5-9-19)16-23-18(20-2)22-12-14-25-17-7-6-11-21-15-17;/h6-7,11,15H,3-5,8-10,12-14,16H2,1-2H3,(H2,20,22,23);1H. The first-order chi connectivity index (χ1) is 12.3. The van der Waals surface area contributed by atoms with Crippen LogP contribution in [0.1, 0.15) is 39.0 Å². The Bertz CT molecular complexity index is 508. The second-order valence-corrected chi connectivity index (χ2v) is 6.54. The first kappa shape index (κ1) is 23.0. The van der Waals surface area contributed by atoms with E-state index in [4.69, 9.17) is 9.47 Å². The van der Waals surface area contributed by atoms with Crippen LogP contribution < -0.4 is 15.4 Å². The summed E-state index contributed by atoms with van der Waals surface area (Å²) in [6, 6.07) is 3.77. The van der Waals surface area contributed by atoms with E-state index < -0.39 is 0 Å². The fraction of sp³-hybridized carbons (Fsp3) is 0.684. The first-order valence-corrected chi connectivity index (χ1v) is 9.33. The Morgan fingerprint density at radius 2 is 2.08 bits per heavy atom. The minimum Gasteiger partial charge on any atom is -0.490 e. The first-order valence-electron chi connectivity index (χ1n) is 9.33. The normalized spacial score (nSPS) is 16.0. The average Bonchev–Trinajstić information content (AvgIpc) is 3.11. The van der Waals surface area contributed by atoms with E-state index in [-0.39, 0.29) is 24.0 Å². The van der Waals surface area contributed by atoms with Crippen molar-refractivity contribution in [3.63, 3.8) is 0 Å². The molecule has 1 aromatic rings. The Labute approximate surface area is 174 Å². The minimum atomic E-state index is 0. The van der Waals surface area contributed by atoms with Gasteiger partial charge in [-0.1, -0.05) is 12.8 Å². The van der Waals surface area contributed by atoms with Crippen molar-refractivity contribution in [3.8, 4) is 5.75 Å². The van der Waals surface area contributed by atoms with Crippen LogP contribution in [-0.4, -0.2) is 50.9 Å². The van der Waals surface area contributed by atoms with Crippen LogP contribution in [0, 0.1) is 5.41 Å². The third-order valence-electron chi connectivity index (χ3n) is 4.80. The van der Waals surface area contributed by atoms with E-state index in [9.17, 15) is 0 Å². The van der Waals surface area contributed by atoms with Gasteiger partial charge in [0.05, 0.1) is 12.7 Å². The summed E-state index contributed by atoms with van der Waals surface area (Å²) in [5.74, 6) is 1.62. The van der Waals surface area contributed by atoms with Crippen LogP contribution in [0.3, 0.4) is 0 Å². The lowest BCUT2D eigenvalue weighted by molar-refractivity contribution is 0.105. The second-order valence-electron chi connectivity index (χ2n) is 6.54. The number of hydrogen-bond acceptors (Lipinski definition) is 4. The highest BCUT2D eigenvalue weighted by atomic mass is 127. The Balaban J connectivity index is 0.00000338. The molecule has 1 aromatic heterocycles. The van der Waals surface area contributed by atoms with E-state index in [1.165, 1.54) is 25.7 Å². The SMILES string of the molecule is CCOCCC1(CNC(=NC)NCCOc2cccnc2)CCCC1.I. The Hall–Kier alpha value is -1.09. The number of nitrogens with one attached hydrogen (secondary N) is 2. The molecule has 26 heavy (non-hydrogen) atoms. The summed E-state index contributed by atoms with van der Waals surface area (Å²) in [5, 5.41) is 6.80. The molecule has 1 heterocycles. The number of rotatable bonds is 10. The number of ether oxygens (including phenoxy) is 2. The van der Waals surface area contributed by atoms with E-state index in [1.54, 1.807) is 19.4 Å². The zero-order chi connectivity index (χ0) is 17.8. The molecular weight excluding hydrogens is 443 g/mol. The third kappa shape index (κ3) is 8.07. The topological polar surface area (TPSA) is 67.8 Å². The number of hydrogen-bond donors (Lipinski definition) is 2. The molecule has 0 bridgehead atoms. The van der Waals surface area contributed by atoms with Crippen molar-refractivity contribution in [2.45, 2.75) is 39.0 Å². The van der Waals surface area contributed by atoms with Gasteiger partial charge >= 0.3 is 0 Å². The van der Waals surface area contributed by atoms with Crippen molar-refractivity contribution >= 4 is 29.9 Å². The summed E-state index contributed by atoms with van der Waals surface area (Å²) in [5.41, 5.74) is 0.346. The van der Waals surface area contributed by atoms with Crippen LogP contribution in [-0.2, 0) is 4.74 Å². The lowest BCUT2D eigenvalue weighted by Crippen LogP contribution is -2.44. The average molecular weight is 476 g/mol. The molecule has 1 fully saturated rings. The minimum absolute atomic E-state index is 0. The summed E-state index contributed by atoms with van der Waals surface area (Å²) in [6.07, 6.45) is 9.76. The van der Waals surface area contributed by atoms with Crippen LogP contribution >= 0.6 is 24.0 Å². The lowest BCUT2D eigenvalue weighted by Gasteiger charge is -2.30. The van der Waals surface area contributed by atoms with Gasteiger partial charge in [0.25, 0.3) is 0 Å². The summed E-state index contributed by atoms with van der Waals surface area (Å²) in [4.78, 5) is 8.35. The monoisotopic (exact) mass is 476 g/mol. The van der Waals surface area contributed by atoms with Crippen molar-refractivity contribution in [2.24, 2.45) is 10.4 Å². The molecule has 148 valence electrons. The number of aliphatic imine (C=N–C) groups is 1. The van der Waals surface area contributed by atoms with Crippen molar-refractivity contribution in [1.29, 1.82) is 0 Å². The van der Waals surface area contributed by atoms with Gasteiger partial charge in [-0.25, -0.2) is 0 Å². The van der Waals surface area contributed by atoms with Gasteiger partial charge in [-0.2, -0.15) is 0 Å². The highest BCUT2D eigenvalue weighted by Gasteiger charge is 2.33. The van der Waals surface area contributed by atoms with Gasteiger partial charge in [0.1, 0.15) is 12.4 Å². The Morgan fingerprint density at radius 3 is 2.73 bits per heavy atom. The molecule has 1 saturated carbocycles. The van der Waals surface area contributed by atoms with E-state index in [0.29, 0.717) is 18.6 Å². The van der Waals surface area contributed by atoms with Crippen LogP contribution in [0.25, 0.3) is 0 Å². The zero-order valence-corrected chi connectivity index (χ0v) is 18.3. The van der Waals surface area contributed by atoms with E-state index in [0.717, 1.165) is 37.9 Å². The number of guanidine groups is 1. The predicted molar refractivity (Wildman–Crippen MR) is 117 cm³/mol. The molecule has 1 aliphatic rings. The van der Waals surface area contributed by atoms with Crippen LogP contribution in [0.2, 0.25) is 0 Å². The Kier molecular flexibility index (Phi) is 11.6. The summed E-state index contributed by atoms with van der Waals surface area (Å²) < 4.78 is 11.2. The molecule has 2 N–H and O–H groups in total. The van der Waals surface area contributed by atoms with Gasteiger partial charge in [0.2, 0.25) is 0 Å². The molecule has 2 rings (SSSR count). The highest BCUT2D eigenvalue weighted by Crippen LogP contribution is 2.40. The van der Waals surface area contributed by atoms with E-state index in [2.05, 4.69) is 27.5 Å². The molecular formula is C19H33IN4O2. The number of aromatic nitrogens is 1. The van der Waals surface area contributed by atoms with Gasteiger partial charge in [-0.15, -0.1) is 24.0 Å². The summed E-state index contributed by atoms with van der Waals surface area (Å²) in [6.45, 7) is 5.91. The fourth-order valence-corrected chi connectivity index (χ4v) is 3.34. The molecule has 7 heteroatoms. The molecule has 0 spiro atoms. The van der Waals surface area contributed by atoms with Crippen molar-refractivity contribution in [2.75, 3.05) is 40.0 Å². The van der Waals surface area contributed by atoms with Crippen molar-refractivity contribution in [3.05, 3.63) is 24.5 Å². The van der Waals surface area contributed by atoms with Gasteiger partial charge in [-0.3, -0.25) is 9.98 Å². The molecule has 0 aromatic carbocycles. The van der Waals surface area contributed by atoms with E-state index in [1.807, 2.05) is 12.1 Å².